The maximum Gasteiger partial charge on any atom is 0.408 e. The minimum absolute atomic E-state index is 0.0693. The molecule has 8 heteroatoms. The highest BCUT2D eigenvalue weighted by atomic mass is 16.5. The molecule has 2 rings (SSSR count). The summed E-state index contributed by atoms with van der Waals surface area (Å²) in [6, 6.07) is 8.70. The quantitative estimate of drug-likeness (QED) is 0.612. The van der Waals surface area contributed by atoms with Crippen LogP contribution in [0.5, 0.6) is 0 Å². The predicted octanol–water partition coefficient (Wildman–Crippen LogP) is 3.08. The number of benzene rings is 1. The van der Waals surface area contributed by atoms with Gasteiger partial charge in [-0.2, -0.15) is 0 Å². The largest absolute Gasteiger partial charge is 0.480 e. The van der Waals surface area contributed by atoms with Crippen LogP contribution in [-0.4, -0.2) is 49.3 Å². The Hall–Kier alpha value is -2.87. The Morgan fingerprint density at radius 1 is 1.21 bits per heavy atom. The van der Waals surface area contributed by atoms with Gasteiger partial charge in [-0.15, -0.1) is 0 Å². The third-order valence-electron chi connectivity index (χ3n) is 4.35. The van der Waals surface area contributed by atoms with Gasteiger partial charge in [0.15, 0.2) is 0 Å². The van der Waals surface area contributed by atoms with E-state index in [4.69, 9.17) is 4.74 Å². The molecule has 8 nitrogen and oxygen atoms in total. The van der Waals surface area contributed by atoms with Gasteiger partial charge in [-0.3, -0.25) is 4.90 Å². The molecule has 1 aromatic heterocycles. The lowest BCUT2D eigenvalue weighted by molar-refractivity contribution is -0.143. The average molecular weight is 389 g/mol. The van der Waals surface area contributed by atoms with Crippen LogP contribution in [0.15, 0.2) is 42.9 Å². The van der Waals surface area contributed by atoms with Gasteiger partial charge in [-0.05, 0) is 17.9 Å². The molecule has 28 heavy (non-hydrogen) atoms. The Morgan fingerprint density at radius 2 is 1.93 bits per heavy atom. The van der Waals surface area contributed by atoms with Crippen LogP contribution in [0.4, 0.5) is 4.79 Å². The van der Waals surface area contributed by atoms with E-state index in [0.717, 1.165) is 16.2 Å². The average Bonchev–Trinajstić information content (AvgIpc) is 3.08. The lowest BCUT2D eigenvalue weighted by Gasteiger charge is -2.27. The Morgan fingerprint density at radius 3 is 2.54 bits per heavy atom. The van der Waals surface area contributed by atoms with E-state index in [1.165, 1.54) is 0 Å². The number of aliphatic carboxylic acids is 1. The van der Waals surface area contributed by atoms with E-state index in [1.807, 2.05) is 44.2 Å². The van der Waals surface area contributed by atoms with Crippen LogP contribution in [0.3, 0.4) is 0 Å². The SMILES string of the molecule is CC(C)CC(C(=O)O)N(CCc1cncn1COCc1ccccc1)C(=O)O. The van der Waals surface area contributed by atoms with E-state index < -0.39 is 18.1 Å². The van der Waals surface area contributed by atoms with Crippen molar-refractivity contribution in [2.45, 2.75) is 46.1 Å². The van der Waals surface area contributed by atoms with Gasteiger partial charge in [0.05, 0.1) is 12.9 Å². The maximum absolute atomic E-state index is 11.6. The van der Waals surface area contributed by atoms with Gasteiger partial charge < -0.3 is 19.5 Å². The third kappa shape index (κ3) is 6.38. The molecule has 0 fully saturated rings. The summed E-state index contributed by atoms with van der Waals surface area (Å²) in [6.07, 6.45) is 2.64. The van der Waals surface area contributed by atoms with Crippen molar-refractivity contribution in [3.05, 3.63) is 54.1 Å². The summed E-state index contributed by atoms with van der Waals surface area (Å²) in [5.74, 6) is -1.06. The van der Waals surface area contributed by atoms with Crippen LogP contribution < -0.4 is 0 Å². The first kappa shape index (κ1) is 21.4. The Balaban J connectivity index is 1.95. The minimum Gasteiger partial charge on any atom is -0.480 e. The number of hydrogen-bond acceptors (Lipinski definition) is 4. The molecule has 1 amide bonds. The van der Waals surface area contributed by atoms with Crippen molar-refractivity contribution in [1.82, 2.24) is 14.5 Å². The number of amides is 1. The standard InChI is InChI=1S/C20H27N3O5/c1-15(2)10-18(19(24)25)23(20(26)27)9-8-17-11-21-13-22(17)14-28-12-16-6-4-3-5-7-16/h3-7,11,13,15,18H,8-10,12,14H2,1-2H3,(H,24,25)(H,26,27). The Bertz CT molecular complexity index is 760. The number of ether oxygens (including phenoxy) is 1. The molecule has 152 valence electrons. The number of nitrogens with zero attached hydrogens (tertiary/aromatic N) is 3. The molecule has 2 N–H and O–H groups in total. The van der Waals surface area contributed by atoms with Gasteiger partial charge in [0.25, 0.3) is 0 Å². The summed E-state index contributed by atoms with van der Waals surface area (Å²) >= 11 is 0. The van der Waals surface area contributed by atoms with Gasteiger partial charge in [0, 0.05) is 24.9 Å². The maximum atomic E-state index is 11.6. The number of aromatic nitrogens is 2. The van der Waals surface area contributed by atoms with Gasteiger partial charge >= 0.3 is 12.1 Å². The molecular weight excluding hydrogens is 362 g/mol. The first-order chi connectivity index (χ1) is 13.4. The summed E-state index contributed by atoms with van der Waals surface area (Å²) in [5, 5.41) is 18.9. The zero-order chi connectivity index (χ0) is 20.5. The fourth-order valence-electron chi connectivity index (χ4n) is 2.94. The second kappa shape index (κ2) is 10.5. The number of hydrogen-bond donors (Lipinski definition) is 2. The number of carboxylic acid groups (broad SMARTS) is 2. The molecule has 0 spiro atoms. The summed E-state index contributed by atoms with van der Waals surface area (Å²) in [4.78, 5) is 28.2. The van der Waals surface area contributed by atoms with Crippen LogP contribution in [0.25, 0.3) is 0 Å². The molecule has 1 heterocycles. The molecule has 0 aliphatic rings. The molecule has 2 aromatic rings. The van der Waals surface area contributed by atoms with E-state index in [9.17, 15) is 19.8 Å². The fraction of sp³-hybridized carbons (Fsp3) is 0.450. The van der Waals surface area contributed by atoms with Gasteiger partial charge in [0.2, 0.25) is 0 Å². The lowest BCUT2D eigenvalue weighted by atomic mass is 10.0. The second-order valence-corrected chi connectivity index (χ2v) is 7.03. The topological polar surface area (TPSA) is 105 Å². The smallest absolute Gasteiger partial charge is 0.408 e. The van der Waals surface area contributed by atoms with Crippen LogP contribution in [0.2, 0.25) is 0 Å². The monoisotopic (exact) mass is 389 g/mol. The van der Waals surface area contributed by atoms with Crippen LogP contribution >= 0.6 is 0 Å². The van der Waals surface area contributed by atoms with E-state index >= 15 is 0 Å². The third-order valence-corrected chi connectivity index (χ3v) is 4.35. The van der Waals surface area contributed by atoms with Gasteiger partial charge in [-0.1, -0.05) is 44.2 Å². The van der Waals surface area contributed by atoms with Crippen LogP contribution in [0.1, 0.15) is 31.5 Å². The van der Waals surface area contributed by atoms with Gasteiger partial charge in [-0.25, -0.2) is 14.6 Å². The highest BCUT2D eigenvalue weighted by Crippen LogP contribution is 2.14. The molecular formula is C20H27N3O5. The fourth-order valence-corrected chi connectivity index (χ4v) is 2.94. The van der Waals surface area contributed by atoms with Crippen molar-refractivity contribution in [3.8, 4) is 0 Å². The molecule has 0 radical (unpaired) electrons. The summed E-state index contributed by atoms with van der Waals surface area (Å²) in [7, 11) is 0. The zero-order valence-electron chi connectivity index (χ0n) is 16.2. The zero-order valence-corrected chi connectivity index (χ0v) is 16.2. The van der Waals surface area contributed by atoms with Crippen LogP contribution in [-0.2, 0) is 29.3 Å². The highest BCUT2D eigenvalue weighted by Gasteiger charge is 2.30. The van der Waals surface area contributed by atoms with Gasteiger partial charge in [0.1, 0.15) is 12.8 Å². The summed E-state index contributed by atoms with van der Waals surface area (Å²) in [5.41, 5.74) is 1.84. The molecule has 0 aliphatic carbocycles. The Kier molecular flexibility index (Phi) is 8.01. The molecule has 0 bridgehead atoms. The molecule has 0 saturated heterocycles. The van der Waals surface area contributed by atoms with Crippen molar-refractivity contribution in [1.29, 1.82) is 0 Å². The number of rotatable bonds is 11. The first-order valence-electron chi connectivity index (χ1n) is 9.21. The molecule has 0 saturated carbocycles. The first-order valence-corrected chi connectivity index (χ1v) is 9.21. The highest BCUT2D eigenvalue weighted by molar-refractivity contribution is 5.79. The van der Waals surface area contributed by atoms with E-state index in [1.54, 1.807) is 17.1 Å². The summed E-state index contributed by atoms with van der Waals surface area (Å²) in [6.45, 7) is 4.55. The van der Waals surface area contributed by atoms with Crippen molar-refractivity contribution < 1.29 is 24.5 Å². The van der Waals surface area contributed by atoms with Crippen molar-refractivity contribution >= 4 is 12.1 Å². The predicted molar refractivity (Wildman–Crippen MR) is 103 cm³/mol. The lowest BCUT2D eigenvalue weighted by Crippen LogP contribution is -2.46. The van der Waals surface area contributed by atoms with Crippen molar-refractivity contribution in [2.24, 2.45) is 5.92 Å². The molecule has 1 unspecified atom stereocenters. The normalized spacial score (nSPS) is 12.1. The number of carbonyl (C=O) groups is 2. The van der Waals surface area contributed by atoms with Crippen molar-refractivity contribution in [3.63, 3.8) is 0 Å². The Labute approximate surface area is 164 Å². The number of imidazole rings is 1. The van der Waals surface area contributed by atoms with Crippen LogP contribution in [0, 0.1) is 5.92 Å². The summed E-state index contributed by atoms with van der Waals surface area (Å²) < 4.78 is 7.49. The molecule has 1 atom stereocenters. The molecule has 0 aliphatic heterocycles. The molecule has 1 aromatic carbocycles. The second-order valence-electron chi connectivity index (χ2n) is 7.03. The van der Waals surface area contributed by atoms with E-state index in [-0.39, 0.29) is 25.6 Å². The van der Waals surface area contributed by atoms with E-state index in [0.29, 0.717) is 13.0 Å². The minimum atomic E-state index is -1.24. The number of carboxylic acids is 1. The van der Waals surface area contributed by atoms with E-state index in [2.05, 4.69) is 4.98 Å². The van der Waals surface area contributed by atoms with Crippen molar-refractivity contribution in [2.75, 3.05) is 6.54 Å².